The van der Waals surface area contributed by atoms with E-state index in [0.717, 1.165) is 22.3 Å². The highest BCUT2D eigenvalue weighted by Crippen LogP contribution is 2.33. The number of aliphatic hydroxyl groups excluding tert-OH is 1. The lowest BCUT2D eigenvalue weighted by Crippen LogP contribution is -2.63. The van der Waals surface area contributed by atoms with Crippen LogP contribution in [0.4, 0.5) is 0 Å². The number of hydrogen-bond acceptors (Lipinski definition) is 8. The monoisotopic (exact) mass is 646 g/mol. The van der Waals surface area contributed by atoms with Crippen molar-refractivity contribution in [2.75, 3.05) is 19.0 Å². The average Bonchev–Trinajstić information content (AvgIpc) is 3.10. The number of ether oxygens (including phenoxy) is 5. The molecule has 0 unspecified atom stereocenters. The average molecular weight is 647 g/mol. The fourth-order valence-electron chi connectivity index (χ4n) is 5.42. The van der Waals surface area contributed by atoms with Gasteiger partial charge in [0.1, 0.15) is 24.4 Å². The Labute approximate surface area is 271 Å². The third kappa shape index (κ3) is 9.80. The normalized spacial score (nSPS) is 21.6. The van der Waals surface area contributed by atoms with E-state index < -0.39 is 39.7 Å². The minimum absolute atomic E-state index is 0.0664. The van der Waals surface area contributed by atoms with Crippen LogP contribution in [0.5, 0.6) is 0 Å². The summed E-state index contributed by atoms with van der Waals surface area (Å²) in [5.41, 5.74) is 2.37. The Morgan fingerprint density at radius 2 is 0.978 bits per heavy atom. The molecule has 0 amide bonds. The largest absolute Gasteiger partial charge is 0.396 e. The van der Waals surface area contributed by atoms with Crippen molar-refractivity contribution < 1.29 is 37.2 Å². The molecule has 8 nitrogen and oxygen atoms in total. The summed E-state index contributed by atoms with van der Waals surface area (Å²) in [5.74, 6) is -0.266. The van der Waals surface area contributed by atoms with E-state index in [4.69, 9.17) is 23.7 Å². The van der Waals surface area contributed by atoms with Gasteiger partial charge in [-0.25, -0.2) is 8.42 Å². The van der Waals surface area contributed by atoms with Gasteiger partial charge in [0.2, 0.25) is 0 Å². The molecule has 0 bridgehead atoms. The van der Waals surface area contributed by atoms with E-state index in [1.54, 1.807) is 0 Å². The Bertz CT molecular complexity index is 1520. The Balaban J connectivity index is 1.48. The Hall–Kier alpha value is -3.41. The molecule has 5 atom stereocenters. The van der Waals surface area contributed by atoms with E-state index in [1.165, 1.54) is 0 Å². The quantitative estimate of drug-likeness (QED) is 0.161. The molecule has 4 aromatic carbocycles. The lowest BCUT2D eigenvalue weighted by atomic mass is 9.98. The van der Waals surface area contributed by atoms with Gasteiger partial charge in [-0.2, -0.15) is 0 Å². The summed E-state index contributed by atoms with van der Waals surface area (Å²) in [6, 6.07) is 38.7. The Morgan fingerprint density at radius 1 is 0.565 bits per heavy atom. The zero-order chi connectivity index (χ0) is 32.0. The minimum atomic E-state index is -3.91. The minimum Gasteiger partial charge on any atom is -0.396 e. The molecule has 9 heteroatoms. The molecule has 0 radical (unpaired) electrons. The molecule has 1 heterocycles. The van der Waals surface area contributed by atoms with Crippen LogP contribution in [0.15, 0.2) is 121 Å². The predicted octanol–water partition coefficient (Wildman–Crippen LogP) is 5.48. The summed E-state index contributed by atoms with van der Waals surface area (Å²) in [6.45, 7) is 0.731. The van der Waals surface area contributed by atoms with Crippen LogP contribution in [-0.4, -0.2) is 62.3 Å². The topological polar surface area (TPSA) is 101 Å². The maximum Gasteiger partial charge on any atom is 0.187 e. The molecule has 4 aromatic rings. The van der Waals surface area contributed by atoms with Crippen LogP contribution in [0.1, 0.15) is 28.7 Å². The molecule has 1 aliphatic rings. The maximum absolute atomic E-state index is 13.9. The van der Waals surface area contributed by atoms with Crippen LogP contribution >= 0.6 is 0 Å². The van der Waals surface area contributed by atoms with Crippen LogP contribution in [0, 0.1) is 0 Å². The van der Waals surface area contributed by atoms with Gasteiger partial charge in [0.05, 0.1) is 38.8 Å². The summed E-state index contributed by atoms with van der Waals surface area (Å²) >= 11 is 0. The predicted molar refractivity (Wildman–Crippen MR) is 175 cm³/mol. The van der Waals surface area contributed by atoms with Gasteiger partial charge in [-0.1, -0.05) is 121 Å². The van der Waals surface area contributed by atoms with Crippen molar-refractivity contribution in [2.45, 2.75) is 62.7 Å². The van der Waals surface area contributed by atoms with Crippen molar-refractivity contribution in [2.24, 2.45) is 0 Å². The van der Waals surface area contributed by atoms with E-state index in [1.807, 2.05) is 121 Å². The molecule has 1 fully saturated rings. The molecule has 1 N–H and O–H groups in total. The number of sulfone groups is 1. The summed E-state index contributed by atoms with van der Waals surface area (Å²) in [7, 11) is -3.91. The molecule has 0 aliphatic carbocycles. The van der Waals surface area contributed by atoms with Crippen LogP contribution < -0.4 is 0 Å². The first kappa shape index (κ1) is 33.9. The molecule has 1 aliphatic heterocycles. The molecule has 46 heavy (non-hydrogen) atoms. The van der Waals surface area contributed by atoms with E-state index >= 15 is 0 Å². The first-order valence-electron chi connectivity index (χ1n) is 15.6. The highest BCUT2D eigenvalue weighted by molar-refractivity contribution is 7.91. The number of hydrogen-bond donors (Lipinski definition) is 1. The summed E-state index contributed by atoms with van der Waals surface area (Å²) in [4.78, 5) is 0. The van der Waals surface area contributed by atoms with E-state index in [2.05, 4.69) is 0 Å². The van der Waals surface area contributed by atoms with E-state index in [-0.39, 0.29) is 45.2 Å². The Morgan fingerprint density at radius 3 is 1.43 bits per heavy atom. The lowest BCUT2D eigenvalue weighted by molar-refractivity contribution is -0.256. The molecule has 0 saturated carbocycles. The van der Waals surface area contributed by atoms with Crippen molar-refractivity contribution in [3.8, 4) is 0 Å². The standard InChI is InChI=1S/C37H42O8S/c38-22-13-23-46(39,40)37-36(44-27-32-20-11-4-12-21-32)35(43-26-31-18-9-3-10-19-31)34(42-25-30-16-7-2-8-17-30)33(45-37)28-41-24-29-14-5-1-6-15-29/h1-12,14-21,33-38H,13,22-28H2/t33-,34-,35+,36-,37+/m1/s1. The number of rotatable bonds is 17. The zero-order valence-electron chi connectivity index (χ0n) is 25.8. The van der Waals surface area contributed by atoms with E-state index in [9.17, 15) is 13.5 Å². The van der Waals surface area contributed by atoms with Gasteiger partial charge in [0.15, 0.2) is 15.3 Å². The highest BCUT2D eigenvalue weighted by atomic mass is 32.2. The zero-order valence-corrected chi connectivity index (χ0v) is 26.6. The molecule has 1 saturated heterocycles. The molecular weight excluding hydrogens is 604 g/mol. The van der Waals surface area contributed by atoms with Crippen molar-refractivity contribution in [3.63, 3.8) is 0 Å². The molecule has 0 aromatic heterocycles. The van der Waals surface area contributed by atoms with Crippen molar-refractivity contribution >= 4 is 9.84 Å². The third-order valence-corrected chi connectivity index (χ3v) is 9.73. The van der Waals surface area contributed by atoms with Crippen LogP contribution in [-0.2, 0) is 59.9 Å². The second-order valence-electron chi connectivity index (χ2n) is 11.3. The van der Waals surface area contributed by atoms with Gasteiger partial charge in [0, 0.05) is 6.61 Å². The van der Waals surface area contributed by atoms with Crippen molar-refractivity contribution in [3.05, 3.63) is 144 Å². The van der Waals surface area contributed by atoms with Crippen LogP contribution in [0.25, 0.3) is 0 Å². The second kappa shape index (κ2) is 17.5. The third-order valence-electron chi connectivity index (χ3n) is 7.78. The van der Waals surface area contributed by atoms with Gasteiger partial charge in [0.25, 0.3) is 0 Å². The van der Waals surface area contributed by atoms with E-state index in [0.29, 0.717) is 6.61 Å². The fourth-order valence-corrected chi connectivity index (χ4v) is 7.14. The van der Waals surface area contributed by atoms with Gasteiger partial charge in [-0.15, -0.1) is 0 Å². The Kier molecular flexibility index (Phi) is 12.9. The molecule has 244 valence electrons. The summed E-state index contributed by atoms with van der Waals surface area (Å²) < 4.78 is 59.9. The van der Waals surface area contributed by atoms with Crippen LogP contribution in [0.2, 0.25) is 0 Å². The maximum atomic E-state index is 13.9. The first-order valence-corrected chi connectivity index (χ1v) is 17.3. The first-order chi connectivity index (χ1) is 22.5. The second-order valence-corrected chi connectivity index (χ2v) is 13.5. The summed E-state index contributed by atoms with van der Waals surface area (Å²) in [5, 5.41) is 9.50. The molecule has 0 spiro atoms. The molecule has 5 rings (SSSR count). The number of benzene rings is 4. The fraction of sp³-hybridized carbons (Fsp3) is 0.351. The lowest BCUT2D eigenvalue weighted by Gasteiger charge is -2.45. The van der Waals surface area contributed by atoms with Crippen LogP contribution in [0.3, 0.4) is 0 Å². The van der Waals surface area contributed by atoms with Gasteiger partial charge in [-0.05, 0) is 28.7 Å². The number of aliphatic hydroxyl groups is 1. The van der Waals surface area contributed by atoms with Gasteiger partial charge >= 0.3 is 0 Å². The van der Waals surface area contributed by atoms with Crippen molar-refractivity contribution in [1.29, 1.82) is 0 Å². The smallest absolute Gasteiger partial charge is 0.187 e. The van der Waals surface area contributed by atoms with Gasteiger partial charge in [-0.3, -0.25) is 0 Å². The van der Waals surface area contributed by atoms with Gasteiger partial charge < -0.3 is 28.8 Å². The molecular formula is C37H42O8S. The SMILES string of the molecule is O=S(=O)(CCCO)[C@@H]1O[C@H](COCc2ccccc2)[C@@H](OCc2ccccc2)[C@H](OCc2ccccc2)[C@H]1OCc1ccccc1. The van der Waals surface area contributed by atoms with Crippen molar-refractivity contribution in [1.82, 2.24) is 0 Å². The summed E-state index contributed by atoms with van der Waals surface area (Å²) in [6.07, 6.45) is -3.31. The highest BCUT2D eigenvalue weighted by Gasteiger charge is 2.52.